The number of carbonyl (C=O) groups is 1. The average molecular weight is 257 g/mol. The molecule has 1 unspecified atom stereocenters. The molecule has 1 atom stereocenters. The molecule has 1 aliphatic rings. The van der Waals surface area contributed by atoms with Gasteiger partial charge in [0.05, 0.1) is 12.2 Å². The van der Waals surface area contributed by atoms with Gasteiger partial charge in [-0.3, -0.25) is 4.79 Å². The van der Waals surface area contributed by atoms with E-state index >= 15 is 0 Å². The zero-order chi connectivity index (χ0) is 13.2. The van der Waals surface area contributed by atoms with Crippen molar-refractivity contribution in [1.29, 1.82) is 0 Å². The number of para-hydroxylation sites is 2. The summed E-state index contributed by atoms with van der Waals surface area (Å²) in [4.78, 5) is 16.5. The molecule has 19 heavy (non-hydrogen) atoms. The lowest BCUT2D eigenvalue weighted by atomic mass is 10.1. The third kappa shape index (κ3) is 2.07. The molecule has 0 spiro atoms. The fraction of sp³-hybridized carbons (Fsp3) is 0.286. The number of aryl methyl sites for hydroxylation is 1. The van der Waals surface area contributed by atoms with E-state index in [9.17, 15) is 4.79 Å². The number of nitrogens with zero attached hydrogens (tertiary/aromatic N) is 2. The van der Waals surface area contributed by atoms with Crippen molar-refractivity contribution in [3.63, 3.8) is 0 Å². The Morgan fingerprint density at radius 2 is 2.37 bits per heavy atom. The van der Waals surface area contributed by atoms with Crippen LogP contribution in [0.25, 0.3) is 0 Å². The molecule has 1 N–H and O–H groups in total. The van der Waals surface area contributed by atoms with Crippen molar-refractivity contribution in [1.82, 2.24) is 9.55 Å². The van der Waals surface area contributed by atoms with E-state index in [0.29, 0.717) is 18.1 Å². The first-order chi connectivity index (χ1) is 9.29. The summed E-state index contributed by atoms with van der Waals surface area (Å²) in [6.07, 6.45) is 2.92. The van der Waals surface area contributed by atoms with Crippen LogP contribution in [0.15, 0.2) is 36.7 Å². The lowest BCUT2D eigenvalue weighted by molar-refractivity contribution is 0.0786. The summed E-state index contributed by atoms with van der Waals surface area (Å²) in [7, 11) is 0. The molecular formula is C14H15N3O2. The summed E-state index contributed by atoms with van der Waals surface area (Å²) >= 11 is 0. The zero-order valence-electron chi connectivity index (χ0n) is 10.7. The molecule has 2 heterocycles. The highest BCUT2D eigenvalue weighted by atomic mass is 16.5. The molecular weight excluding hydrogens is 242 g/mol. The molecule has 98 valence electrons. The summed E-state index contributed by atoms with van der Waals surface area (Å²) in [5.41, 5.74) is 0.922. The third-order valence-corrected chi connectivity index (χ3v) is 3.20. The van der Waals surface area contributed by atoms with Gasteiger partial charge in [0.2, 0.25) is 5.78 Å². The van der Waals surface area contributed by atoms with E-state index in [1.165, 1.54) is 0 Å². The van der Waals surface area contributed by atoms with Crippen LogP contribution in [-0.2, 0) is 6.54 Å². The molecule has 1 aliphatic heterocycles. The molecule has 0 bridgehead atoms. The normalized spacial score (nSPS) is 17.2. The molecule has 3 rings (SSSR count). The minimum atomic E-state index is -0.525. The van der Waals surface area contributed by atoms with Gasteiger partial charge in [0.15, 0.2) is 11.9 Å². The minimum Gasteiger partial charge on any atom is -0.478 e. The van der Waals surface area contributed by atoms with Crippen LogP contribution in [0.5, 0.6) is 5.75 Å². The van der Waals surface area contributed by atoms with Crippen LogP contribution in [0, 0.1) is 0 Å². The van der Waals surface area contributed by atoms with Gasteiger partial charge in [0, 0.05) is 18.9 Å². The number of carbonyl (C=O) groups excluding carboxylic acids is 1. The zero-order valence-corrected chi connectivity index (χ0v) is 10.7. The second kappa shape index (κ2) is 4.76. The first-order valence-electron chi connectivity index (χ1n) is 6.34. The van der Waals surface area contributed by atoms with Crippen molar-refractivity contribution in [3.05, 3.63) is 42.5 Å². The van der Waals surface area contributed by atoms with Crippen molar-refractivity contribution < 1.29 is 9.53 Å². The minimum absolute atomic E-state index is 0.0890. The number of hydrogen-bond acceptors (Lipinski definition) is 4. The summed E-state index contributed by atoms with van der Waals surface area (Å²) in [5.74, 6) is 1.07. The number of ketones is 1. The summed E-state index contributed by atoms with van der Waals surface area (Å²) in [6, 6.07) is 7.61. The fourth-order valence-corrected chi connectivity index (χ4v) is 2.19. The molecule has 5 heteroatoms. The van der Waals surface area contributed by atoms with Gasteiger partial charge >= 0.3 is 0 Å². The molecule has 0 fully saturated rings. The number of imidazole rings is 1. The van der Waals surface area contributed by atoms with Crippen molar-refractivity contribution in [2.45, 2.75) is 19.6 Å². The highest BCUT2D eigenvalue weighted by molar-refractivity contribution is 5.97. The first-order valence-corrected chi connectivity index (χ1v) is 6.34. The Labute approximate surface area is 111 Å². The molecule has 1 aromatic carbocycles. The highest BCUT2D eigenvalue weighted by Crippen LogP contribution is 2.28. The molecule has 2 aromatic rings. The molecule has 1 aromatic heterocycles. The summed E-state index contributed by atoms with van der Waals surface area (Å²) in [6.45, 7) is 3.16. The predicted molar refractivity (Wildman–Crippen MR) is 71.6 cm³/mol. The van der Waals surface area contributed by atoms with Crippen LogP contribution in [0.1, 0.15) is 17.5 Å². The number of Topliss-reactive ketones (excluding diaryl/α,β-unsaturated/α-hetero) is 1. The van der Waals surface area contributed by atoms with Crippen molar-refractivity contribution in [3.8, 4) is 5.75 Å². The van der Waals surface area contributed by atoms with E-state index in [4.69, 9.17) is 4.74 Å². The van der Waals surface area contributed by atoms with Crippen LogP contribution in [0.2, 0.25) is 0 Å². The largest absolute Gasteiger partial charge is 0.478 e. The number of ether oxygens (including phenoxy) is 1. The van der Waals surface area contributed by atoms with Crippen LogP contribution in [-0.4, -0.2) is 28.0 Å². The predicted octanol–water partition coefficient (Wildman–Crippen LogP) is 1.96. The Hall–Kier alpha value is -2.30. The Kier molecular flexibility index (Phi) is 2.95. The maximum atomic E-state index is 12.4. The van der Waals surface area contributed by atoms with Crippen LogP contribution < -0.4 is 10.1 Å². The van der Waals surface area contributed by atoms with E-state index in [1.54, 1.807) is 12.4 Å². The number of anilines is 1. The van der Waals surface area contributed by atoms with Crippen molar-refractivity contribution in [2.24, 2.45) is 0 Å². The number of nitrogens with one attached hydrogen (secondary N) is 1. The quantitative estimate of drug-likeness (QED) is 0.854. The smallest absolute Gasteiger partial charge is 0.240 e. The number of aromatic nitrogens is 2. The van der Waals surface area contributed by atoms with E-state index in [0.717, 1.165) is 12.2 Å². The average Bonchev–Trinajstić information content (AvgIpc) is 2.94. The van der Waals surface area contributed by atoms with Gasteiger partial charge in [0.25, 0.3) is 0 Å². The molecule has 0 radical (unpaired) electrons. The first kappa shape index (κ1) is 11.8. The molecule has 5 nitrogen and oxygen atoms in total. The lowest BCUT2D eigenvalue weighted by Crippen LogP contribution is -2.39. The number of rotatable bonds is 3. The number of benzene rings is 1. The van der Waals surface area contributed by atoms with Crippen molar-refractivity contribution >= 4 is 11.5 Å². The second-order valence-corrected chi connectivity index (χ2v) is 4.38. The number of fused-ring (bicyclic) bond motifs is 1. The van der Waals surface area contributed by atoms with Crippen LogP contribution in [0.4, 0.5) is 5.69 Å². The molecule has 0 amide bonds. The Balaban J connectivity index is 1.83. The SMILES string of the molecule is CCn1ccnc1C(=O)C1CNc2ccccc2O1. The van der Waals surface area contributed by atoms with Gasteiger partial charge in [0.1, 0.15) is 5.75 Å². The van der Waals surface area contributed by atoms with Gasteiger partial charge in [-0.05, 0) is 19.1 Å². The van der Waals surface area contributed by atoms with Gasteiger partial charge in [-0.15, -0.1) is 0 Å². The van der Waals surface area contributed by atoms with Crippen LogP contribution >= 0.6 is 0 Å². The van der Waals surface area contributed by atoms with Gasteiger partial charge in [-0.2, -0.15) is 0 Å². The molecule has 0 aliphatic carbocycles. The fourth-order valence-electron chi connectivity index (χ4n) is 2.19. The van der Waals surface area contributed by atoms with Gasteiger partial charge in [-0.1, -0.05) is 12.1 Å². The Bertz CT molecular complexity index is 606. The number of hydrogen-bond donors (Lipinski definition) is 1. The topological polar surface area (TPSA) is 56.2 Å². The maximum Gasteiger partial charge on any atom is 0.240 e. The van der Waals surface area contributed by atoms with E-state index in [1.807, 2.05) is 35.8 Å². The Morgan fingerprint density at radius 1 is 1.53 bits per heavy atom. The van der Waals surface area contributed by atoms with Gasteiger partial charge in [-0.25, -0.2) is 4.98 Å². The highest BCUT2D eigenvalue weighted by Gasteiger charge is 2.29. The third-order valence-electron chi connectivity index (χ3n) is 3.20. The molecule has 0 saturated heterocycles. The van der Waals surface area contributed by atoms with E-state index < -0.39 is 6.10 Å². The van der Waals surface area contributed by atoms with Crippen LogP contribution in [0.3, 0.4) is 0 Å². The summed E-state index contributed by atoms with van der Waals surface area (Å²) < 4.78 is 7.58. The second-order valence-electron chi connectivity index (χ2n) is 4.38. The molecule has 0 saturated carbocycles. The standard InChI is InChI=1S/C14H15N3O2/c1-2-17-8-7-15-14(17)13(18)12-9-16-10-5-3-4-6-11(10)19-12/h3-8,12,16H,2,9H2,1H3. The van der Waals surface area contributed by atoms with E-state index in [-0.39, 0.29) is 5.78 Å². The lowest BCUT2D eigenvalue weighted by Gasteiger charge is -2.26. The monoisotopic (exact) mass is 257 g/mol. The van der Waals surface area contributed by atoms with Gasteiger partial charge < -0.3 is 14.6 Å². The Morgan fingerprint density at radius 3 is 3.21 bits per heavy atom. The van der Waals surface area contributed by atoms with E-state index in [2.05, 4.69) is 10.3 Å². The summed E-state index contributed by atoms with van der Waals surface area (Å²) in [5, 5.41) is 3.21. The van der Waals surface area contributed by atoms with Crippen molar-refractivity contribution in [2.75, 3.05) is 11.9 Å². The maximum absolute atomic E-state index is 12.4.